The normalized spacial score (nSPS) is 20.0. The van der Waals surface area contributed by atoms with Gasteiger partial charge in [-0.25, -0.2) is 9.97 Å². The van der Waals surface area contributed by atoms with E-state index < -0.39 is 0 Å². The van der Waals surface area contributed by atoms with Crippen molar-refractivity contribution < 1.29 is 4.79 Å². The number of aromatic nitrogens is 4. The molecule has 1 spiro atoms. The number of anilines is 1. The monoisotopic (exact) mass is 468 g/mol. The van der Waals surface area contributed by atoms with Crippen LogP contribution in [0.5, 0.6) is 0 Å². The first-order valence-corrected chi connectivity index (χ1v) is 12.8. The van der Waals surface area contributed by atoms with Crippen molar-refractivity contribution in [2.45, 2.75) is 51.6 Å². The number of hydrogen-bond acceptors (Lipinski definition) is 5. The van der Waals surface area contributed by atoms with E-state index in [2.05, 4.69) is 42.6 Å². The molecule has 0 bridgehead atoms. The SMILES string of the molecule is O=C1N(Cc2nccn2CC2=CC=CCC2)CCCC12CCN(c1cnc3ccccc3n1)CC2. The van der Waals surface area contributed by atoms with Crippen LogP contribution in [0.2, 0.25) is 0 Å². The third kappa shape index (κ3) is 4.35. The second kappa shape index (κ2) is 9.29. The number of imidazole rings is 1. The van der Waals surface area contributed by atoms with Crippen molar-refractivity contribution in [1.29, 1.82) is 0 Å². The Balaban J connectivity index is 1.13. The van der Waals surface area contributed by atoms with E-state index in [-0.39, 0.29) is 5.41 Å². The first-order valence-electron chi connectivity index (χ1n) is 12.8. The maximum atomic E-state index is 13.8. The number of piperidine rings is 2. The van der Waals surface area contributed by atoms with Gasteiger partial charge in [0.15, 0.2) is 0 Å². The molecule has 0 radical (unpaired) electrons. The highest BCUT2D eigenvalue weighted by atomic mass is 16.2. The van der Waals surface area contributed by atoms with Crippen molar-refractivity contribution in [3.63, 3.8) is 0 Å². The van der Waals surface area contributed by atoms with Gasteiger partial charge in [-0.1, -0.05) is 35.9 Å². The van der Waals surface area contributed by atoms with Crippen molar-refractivity contribution in [2.24, 2.45) is 5.41 Å². The van der Waals surface area contributed by atoms with Gasteiger partial charge < -0.3 is 14.4 Å². The Labute approximate surface area is 206 Å². The van der Waals surface area contributed by atoms with Crippen LogP contribution >= 0.6 is 0 Å². The molecule has 6 rings (SSSR count). The summed E-state index contributed by atoms with van der Waals surface area (Å²) in [6, 6.07) is 7.97. The van der Waals surface area contributed by atoms with E-state index in [1.165, 1.54) is 5.57 Å². The van der Waals surface area contributed by atoms with Crippen LogP contribution in [-0.2, 0) is 17.9 Å². The number of para-hydroxylation sites is 2. The van der Waals surface area contributed by atoms with Crippen LogP contribution in [0.25, 0.3) is 11.0 Å². The topological polar surface area (TPSA) is 67.2 Å². The van der Waals surface area contributed by atoms with E-state index in [1.807, 2.05) is 42.9 Å². The molecule has 4 heterocycles. The zero-order valence-corrected chi connectivity index (χ0v) is 20.1. The lowest BCUT2D eigenvalue weighted by Gasteiger charge is -2.46. The first kappa shape index (κ1) is 22.0. The van der Waals surface area contributed by atoms with Gasteiger partial charge in [0.2, 0.25) is 5.91 Å². The summed E-state index contributed by atoms with van der Waals surface area (Å²) in [6.07, 6.45) is 18.3. The average molecular weight is 469 g/mol. The predicted octanol–water partition coefficient (Wildman–Crippen LogP) is 4.51. The van der Waals surface area contributed by atoms with Gasteiger partial charge in [-0.15, -0.1) is 0 Å². The van der Waals surface area contributed by atoms with Crippen molar-refractivity contribution in [3.05, 3.63) is 72.5 Å². The van der Waals surface area contributed by atoms with Gasteiger partial charge in [-0.2, -0.15) is 0 Å². The van der Waals surface area contributed by atoms with Crippen LogP contribution in [-0.4, -0.2) is 50.0 Å². The molecule has 1 amide bonds. The molecule has 0 atom stereocenters. The van der Waals surface area contributed by atoms with Gasteiger partial charge in [-0.3, -0.25) is 9.78 Å². The molecule has 3 aliphatic rings. The van der Waals surface area contributed by atoms with Gasteiger partial charge in [0.1, 0.15) is 11.6 Å². The van der Waals surface area contributed by atoms with E-state index in [0.717, 1.165) is 87.4 Å². The molecule has 1 aliphatic carbocycles. The van der Waals surface area contributed by atoms with Gasteiger partial charge in [0, 0.05) is 38.6 Å². The lowest BCUT2D eigenvalue weighted by Crippen LogP contribution is -2.53. The van der Waals surface area contributed by atoms with Crippen molar-refractivity contribution in [1.82, 2.24) is 24.4 Å². The fraction of sp³-hybridized carbons (Fsp3) is 0.429. The van der Waals surface area contributed by atoms with E-state index in [9.17, 15) is 4.79 Å². The summed E-state index contributed by atoms with van der Waals surface area (Å²) in [7, 11) is 0. The van der Waals surface area contributed by atoms with Crippen molar-refractivity contribution >= 4 is 22.8 Å². The summed E-state index contributed by atoms with van der Waals surface area (Å²) in [4.78, 5) is 32.1. The van der Waals surface area contributed by atoms with Crippen LogP contribution in [0.15, 0.2) is 66.7 Å². The number of rotatable bonds is 5. The Morgan fingerprint density at radius 2 is 1.83 bits per heavy atom. The molecule has 3 aromatic rings. The van der Waals surface area contributed by atoms with Gasteiger partial charge in [-0.05, 0) is 50.7 Å². The molecule has 2 fully saturated rings. The summed E-state index contributed by atoms with van der Waals surface area (Å²) in [5.41, 5.74) is 2.99. The maximum absolute atomic E-state index is 13.8. The van der Waals surface area contributed by atoms with E-state index >= 15 is 0 Å². The van der Waals surface area contributed by atoms with Crippen LogP contribution < -0.4 is 4.90 Å². The molecule has 2 saturated heterocycles. The fourth-order valence-electron chi connectivity index (χ4n) is 5.84. The standard InChI is InChI=1S/C28H32N6O/c35-27-28(12-16-32(17-13-28)25-19-30-23-9-4-5-10-24(23)31-25)11-6-15-34(27)21-26-29-14-18-33(26)20-22-7-2-1-3-8-22/h1-2,4-5,7,9-10,14,18-19H,3,6,8,11-13,15-17,20-21H2. The van der Waals surface area contributed by atoms with Crippen LogP contribution in [0.4, 0.5) is 5.82 Å². The van der Waals surface area contributed by atoms with Crippen LogP contribution in [0, 0.1) is 5.41 Å². The third-order valence-electron chi connectivity index (χ3n) is 7.91. The summed E-state index contributed by atoms with van der Waals surface area (Å²) >= 11 is 0. The van der Waals surface area contributed by atoms with Gasteiger partial charge in [0.25, 0.3) is 0 Å². The number of benzene rings is 1. The molecule has 0 N–H and O–H groups in total. The number of fused-ring (bicyclic) bond motifs is 1. The minimum Gasteiger partial charge on any atom is -0.355 e. The van der Waals surface area contributed by atoms with E-state index in [4.69, 9.17) is 4.98 Å². The van der Waals surface area contributed by atoms with Gasteiger partial charge in [0.05, 0.1) is 29.2 Å². The molecule has 0 unspecified atom stereocenters. The summed E-state index contributed by atoms with van der Waals surface area (Å²) in [5, 5.41) is 0. The first-order chi connectivity index (χ1) is 17.2. The number of likely N-dealkylation sites (tertiary alicyclic amines) is 1. The Morgan fingerprint density at radius 3 is 2.66 bits per heavy atom. The average Bonchev–Trinajstić information content (AvgIpc) is 3.34. The Hall–Kier alpha value is -3.48. The molecule has 7 heteroatoms. The number of nitrogens with zero attached hydrogens (tertiary/aromatic N) is 6. The number of hydrogen-bond donors (Lipinski definition) is 0. The molecule has 7 nitrogen and oxygen atoms in total. The number of amides is 1. The Bertz CT molecular complexity index is 1280. The molecule has 180 valence electrons. The quantitative estimate of drug-likeness (QED) is 0.551. The molecule has 1 aromatic carbocycles. The highest BCUT2D eigenvalue weighted by Gasteiger charge is 2.46. The molecular weight excluding hydrogens is 436 g/mol. The predicted molar refractivity (Wildman–Crippen MR) is 137 cm³/mol. The fourth-order valence-corrected chi connectivity index (χ4v) is 5.84. The summed E-state index contributed by atoms with van der Waals surface area (Å²) in [6.45, 7) is 3.94. The summed E-state index contributed by atoms with van der Waals surface area (Å²) < 4.78 is 2.21. The Kier molecular flexibility index (Phi) is 5.84. The maximum Gasteiger partial charge on any atom is 0.229 e. The second-order valence-corrected chi connectivity index (χ2v) is 10.1. The number of allylic oxidation sites excluding steroid dienone is 4. The van der Waals surface area contributed by atoms with Crippen molar-refractivity contribution in [3.8, 4) is 0 Å². The lowest BCUT2D eigenvalue weighted by atomic mass is 9.71. The minimum atomic E-state index is -0.257. The minimum absolute atomic E-state index is 0.257. The molecule has 35 heavy (non-hydrogen) atoms. The molecule has 2 aliphatic heterocycles. The zero-order valence-electron chi connectivity index (χ0n) is 20.1. The van der Waals surface area contributed by atoms with E-state index in [0.29, 0.717) is 12.5 Å². The Morgan fingerprint density at radius 1 is 0.971 bits per heavy atom. The molecular formula is C28H32N6O. The number of carbonyl (C=O) groups excluding carboxylic acids is 1. The highest BCUT2D eigenvalue weighted by molar-refractivity contribution is 5.84. The zero-order chi connectivity index (χ0) is 23.7. The molecule has 0 saturated carbocycles. The highest BCUT2D eigenvalue weighted by Crippen LogP contribution is 2.42. The second-order valence-electron chi connectivity index (χ2n) is 10.1. The lowest BCUT2D eigenvalue weighted by molar-refractivity contribution is -0.148. The summed E-state index contributed by atoms with van der Waals surface area (Å²) in [5.74, 6) is 2.20. The third-order valence-corrected chi connectivity index (χ3v) is 7.91. The van der Waals surface area contributed by atoms with E-state index in [1.54, 1.807) is 0 Å². The molecule has 2 aromatic heterocycles. The van der Waals surface area contributed by atoms with Crippen molar-refractivity contribution in [2.75, 3.05) is 24.5 Å². The van der Waals surface area contributed by atoms with Crippen LogP contribution in [0.3, 0.4) is 0 Å². The number of carbonyl (C=O) groups is 1. The van der Waals surface area contributed by atoms with Gasteiger partial charge >= 0.3 is 0 Å². The largest absolute Gasteiger partial charge is 0.355 e. The smallest absolute Gasteiger partial charge is 0.229 e. The van der Waals surface area contributed by atoms with Crippen LogP contribution in [0.1, 0.15) is 44.3 Å².